The van der Waals surface area contributed by atoms with Crippen LogP contribution >= 0.6 is 0 Å². The van der Waals surface area contributed by atoms with Gasteiger partial charge in [-0.05, 0) is 13.8 Å². The molecule has 0 aliphatic rings. The van der Waals surface area contributed by atoms with E-state index in [0.29, 0.717) is 0 Å². The quantitative estimate of drug-likeness (QED) is 0.477. The summed E-state index contributed by atoms with van der Waals surface area (Å²) in [6, 6.07) is 0. The van der Waals surface area contributed by atoms with Gasteiger partial charge in [0.1, 0.15) is 0 Å². The molecule has 0 bridgehead atoms. The Balaban J connectivity index is 3.94. The number of hydrogen-bond acceptors (Lipinski definition) is 0. The molecule has 0 atom stereocenters. The van der Waals surface area contributed by atoms with Crippen molar-refractivity contribution in [1.29, 1.82) is 0 Å². The van der Waals surface area contributed by atoms with Crippen LogP contribution in [0.1, 0.15) is 13.8 Å². The second kappa shape index (κ2) is 3.25. The van der Waals surface area contributed by atoms with Gasteiger partial charge in [-0.15, -0.1) is 0 Å². The summed E-state index contributed by atoms with van der Waals surface area (Å²) < 4.78 is 0. The van der Waals surface area contributed by atoms with Crippen LogP contribution in [0, 0.1) is 0 Å². The maximum absolute atomic E-state index is 3.72. The molecule has 0 rings (SSSR count). The molecule has 0 fully saturated rings. The summed E-state index contributed by atoms with van der Waals surface area (Å²) in [5.74, 6) is 0. The lowest BCUT2D eigenvalue weighted by atomic mass is 10.2. The predicted molar refractivity (Wildman–Crippen MR) is 38.8 cm³/mol. The smallest absolute Gasteiger partial charge is 0.0398 e. The Morgan fingerprint density at radius 2 is 1.88 bits per heavy atom. The Kier molecular flexibility index (Phi) is 2.93. The predicted octanol–water partition coefficient (Wildman–Crippen LogP) is 2.69. The molecular formula is C8H12. The van der Waals surface area contributed by atoms with E-state index in [2.05, 4.69) is 13.2 Å². The normalized spacial score (nSPS) is 11.0. The summed E-state index contributed by atoms with van der Waals surface area (Å²) >= 11 is 0. The highest BCUT2D eigenvalue weighted by Crippen LogP contribution is 1.97. The van der Waals surface area contributed by atoms with E-state index in [0.717, 1.165) is 11.1 Å². The number of rotatable bonds is 2. The molecule has 0 aromatic rings. The molecule has 0 aromatic heterocycles. The molecule has 0 heteroatoms. The van der Waals surface area contributed by atoms with E-state index >= 15 is 0 Å². The van der Waals surface area contributed by atoms with E-state index < -0.39 is 0 Å². The zero-order valence-electron chi connectivity index (χ0n) is 5.57. The van der Waals surface area contributed by atoms with Crippen molar-refractivity contribution in [3.05, 3.63) is 36.5 Å². The van der Waals surface area contributed by atoms with Gasteiger partial charge in [0.2, 0.25) is 0 Å². The fourth-order valence-electron chi connectivity index (χ4n) is 0.448. The zero-order valence-corrected chi connectivity index (χ0v) is 5.57. The Hall–Kier alpha value is -0.780. The van der Waals surface area contributed by atoms with E-state index in [4.69, 9.17) is 0 Å². The second-order valence-corrected chi connectivity index (χ2v) is 1.94. The lowest BCUT2D eigenvalue weighted by molar-refractivity contribution is 1.46. The van der Waals surface area contributed by atoms with Crippen molar-refractivity contribution < 1.29 is 0 Å². The molecule has 0 unspecified atom stereocenters. The molecule has 0 saturated carbocycles. The van der Waals surface area contributed by atoms with Crippen LogP contribution in [0.2, 0.25) is 0 Å². The fraction of sp³-hybridized carbons (Fsp3) is 0.250. The summed E-state index contributed by atoms with van der Waals surface area (Å²) in [6.45, 7) is 11.3. The lowest BCUT2D eigenvalue weighted by Crippen LogP contribution is -1.66. The van der Waals surface area contributed by atoms with Crippen LogP contribution < -0.4 is 0 Å². The molecule has 8 heavy (non-hydrogen) atoms. The van der Waals surface area contributed by atoms with Gasteiger partial charge in [-0.25, -0.2) is 0 Å². The van der Waals surface area contributed by atoms with Gasteiger partial charge in [-0.2, -0.15) is 0 Å². The lowest BCUT2D eigenvalue weighted by Gasteiger charge is -1.87. The zero-order chi connectivity index (χ0) is 6.57. The maximum Gasteiger partial charge on any atom is -0.0398 e. The van der Waals surface area contributed by atoms with Gasteiger partial charge < -0.3 is 0 Å². The maximum atomic E-state index is 3.72. The Bertz CT molecular complexity index is 127. The standard InChI is InChI=1S/C8H12/c1-5-8(4)6-7(2)3/h5-6H,1-2H2,3-4H3/b8-6+. The highest BCUT2D eigenvalue weighted by Gasteiger charge is 1.76. The topological polar surface area (TPSA) is 0 Å². The minimum Gasteiger partial charge on any atom is -0.0988 e. The molecule has 0 spiro atoms. The summed E-state index contributed by atoms with van der Waals surface area (Å²) in [4.78, 5) is 0. The molecule has 0 nitrogen and oxygen atoms in total. The van der Waals surface area contributed by atoms with Crippen molar-refractivity contribution in [2.24, 2.45) is 0 Å². The fourth-order valence-corrected chi connectivity index (χ4v) is 0.448. The van der Waals surface area contributed by atoms with Gasteiger partial charge >= 0.3 is 0 Å². The van der Waals surface area contributed by atoms with Gasteiger partial charge in [0.25, 0.3) is 0 Å². The Morgan fingerprint density at radius 1 is 1.38 bits per heavy atom. The molecular weight excluding hydrogens is 96.1 g/mol. The average Bonchev–Trinajstić information content (AvgIpc) is 1.65. The van der Waals surface area contributed by atoms with E-state index in [1.807, 2.05) is 26.0 Å². The van der Waals surface area contributed by atoms with Crippen LogP contribution in [0.15, 0.2) is 36.5 Å². The molecule has 0 aliphatic heterocycles. The van der Waals surface area contributed by atoms with Crippen LogP contribution in [0.3, 0.4) is 0 Å². The first-order chi connectivity index (χ1) is 3.66. The van der Waals surface area contributed by atoms with Crippen molar-refractivity contribution in [3.63, 3.8) is 0 Å². The summed E-state index contributed by atoms with van der Waals surface area (Å²) in [5, 5.41) is 0. The molecule has 0 amide bonds. The first kappa shape index (κ1) is 7.22. The largest absolute Gasteiger partial charge is 0.0988 e. The first-order valence-corrected chi connectivity index (χ1v) is 2.63. The average molecular weight is 108 g/mol. The molecule has 0 N–H and O–H groups in total. The van der Waals surface area contributed by atoms with E-state index in [1.54, 1.807) is 0 Å². The van der Waals surface area contributed by atoms with E-state index in [1.165, 1.54) is 0 Å². The summed E-state index contributed by atoms with van der Waals surface area (Å²) in [7, 11) is 0. The van der Waals surface area contributed by atoms with Crippen LogP contribution in [0.4, 0.5) is 0 Å². The minimum absolute atomic E-state index is 1.07. The van der Waals surface area contributed by atoms with Gasteiger partial charge in [-0.1, -0.05) is 36.5 Å². The van der Waals surface area contributed by atoms with Crippen molar-refractivity contribution in [2.45, 2.75) is 13.8 Å². The van der Waals surface area contributed by atoms with Crippen LogP contribution in [0.25, 0.3) is 0 Å². The molecule has 44 valence electrons. The van der Waals surface area contributed by atoms with Crippen molar-refractivity contribution in [2.75, 3.05) is 0 Å². The Morgan fingerprint density at radius 3 is 2.00 bits per heavy atom. The Labute approximate surface area is 51.2 Å². The van der Waals surface area contributed by atoms with Crippen molar-refractivity contribution >= 4 is 0 Å². The van der Waals surface area contributed by atoms with Gasteiger partial charge in [0, 0.05) is 0 Å². The van der Waals surface area contributed by atoms with Crippen LogP contribution in [-0.4, -0.2) is 0 Å². The van der Waals surface area contributed by atoms with Gasteiger partial charge in [0.15, 0.2) is 0 Å². The third kappa shape index (κ3) is 3.41. The summed E-state index contributed by atoms with van der Waals surface area (Å²) in [5.41, 5.74) is 2.24. The second-order valence-electron chi connectivity index (χ2n) is 1.94. The highest BCUT2D eigenvalue weighted by atomic mass is 13.8. The number of hydrogen-bond donors (Lipinski definition) is 0. The highest BCUT2D eigenvalue weighted by molar-refractivity contribution is 5.23. The van der Waals surface area contributed by atoms with E-state index in [-0.39, 0.29) is 0 Å². The summed E-state index contributed by atoms with van der Waals surface area (Å²) in [6.07, 6.45) is 3.81. The van der Waals surface area contributed by atoms with Gasteiger partial charge in [-0.3, -0.25) is 0 Å². The molecule has 0 heterocycles. The van der Waals surface area contributed by atoms with Gasteiger partial charge in [0.05, 0.1) is 0 Å². The molecule has 0 radical (unpaired) electrons. The van der Waals surface area contributed by atoms with Crippen molar-refractivity contribution in [1.82, 2.24) is 0 Å². The van der Waals surface area contributed by atoms with E-state index in [9.17, 15) is 0 Å². The molecule has 0 saturated heterocycles. The first-order valence-electron chi connectivity index (χ1n) is 2.63. The molecule has 0 aliphatic carbocycles. The van der Waals surface area contributed by atoms with Crippen LogP contribution in [0.5, 0.6) is 0 Å². The monoisotopic (exact) mass is 108 g/mol. The number of allylic oxidation sites excluding steroid dienone is 4. The van der Waals surface area contributed by atoms with Crippen LogP contribution in [-0.2, 0) is 0 Å². The van der Waals surface area contributed by atoms with Crippen molar-refractivity contribution in [3.8, 4) is 0 Å². The SMILES string of the molecule is C=C/C(C)=C/C(=C)C. The third-order valence-electron chi connectivity index (χ3n) is 0.796. The minimum atomic E-state index is 1.07. The third-order valence-corrected chi connectivity index (χ3v) is 0.796. The molecule has 0 aromatic carbocycles.